The average molecular weight is 286 g/mol. The summed E-state index contributed by atoms with van der Waals surface area (Å²) in [7, 11) is 0. The Balaban J connectivity index is 0. The van der Waals surface area contributed by atoms with Crippen LogP contribution >= 0.6 is 0 Å². The predicted molar refractivity (Wildman–Crippen MR) is 28.6 cm³/mol. The number of nitro groups is 3. The third kappa shape index (κ3) is 6.61. The zero-order chi connectivity index (χ0) is 11.0. The molecule has 0 bridgehead atoms. The Morgan fingerprint density at radius 2 is 1.15 bits per heavy atom. The predicted octanol–water partition coefficient (Wildman–Crippen LogP) is -0.678. The van der Waals surface area contributed by atoms with Crippen LogP contribution in [0, 0.1) is 35.3 Å². The van der Waals surface area contributed by atoms with Crippen molar-refractivity contribution in [2.75, 3.05) is 0 Å². The molecular formula is HN4O8Ru. The van der Waals surface area contributed by atoms with Crippen molar-refractivity contribution < 1.29 is 32.9 Å². The second kappa shape index (κ2) is 6.90. The Hall–Kier alpha value is -1.78. The van der Waals surface area contributed by atoms with Gasteiger partial charge in [-0.15, -0.1) is 4.91 Å². The van der Waals surface area contributed by atoms with Crippen molar-refractivity contribution >= 4 is 0 Å². The average Bonchev–Trinajstić information content (AvgIpc) is 1.84. The van der Waals surface area contributed by atoms with Gasteiger partial charge in [-0.3, -0.25) is 0 Å². The molecule has 1 N–H and O–H groups in total. The Bertz CT molecular complexity index is 189. The van der Waals surface area contributed by atoms with Gasteiger partial charge < -0.3 is 5.21 Å². The van der Waals surface area contributed by atoms with Gasteiger partial charge in [0.15, 0.2) is 5.34 Å². The van der Waals surface area contributed by atoms with Gasteiger partial charge in [0.05, 0.1) is 0 Å². The molecule has 0 aromatic rings. The maximum absolute atomic E-state index is 9.57. The van der Waals surface area contributed by atoms with E-state index in [0.29, 0.717) is 0 Å². The molecule has 0 aromatic heterocycles. The second-order valence-corrected chi connectivity index (χ2v) is 3.85. The first-order valence-electron chi connectivity index (χ1n) is 1.95. The zero-order valence-corrected chi connectivity index (χ0v) is 7.19. The molecule has 0 saturated heterocycles. The van der Waals surface area contributed by atoms with Crippen LogP contribution in [0.2, 0.25) is 0 Å². The Labute approximate surface area is 74.2 Å². The molecule has 0 rings (SSSR count). The molecule has 0 unspecified atom stereocenters. The molecule has 0 aliphatic heterocycles. The van der Waals surface area contributed by atoms with Gasteiger partial charge in [0.25, 0.3) is 0 Å². The standard InChI is InChI=1S/HNO2.3NO2.Ru/c4*2-1-3;/h(H,2,3);;;;. The summed E-state index contributed by atoms with van der Waals surface area (Å²) in [6, 6.07) is 0. The fourth-order valence-corrected chi connectivity index (χ4v) is 0.837. The topological polar surface area (TPSA) is 179 Å². The van der Waals surface area contributed by atoms with Crippen molar-refractivity contribution in [3.8, 4) is 0 Å². The molecular weight excluding hydrogens is 285 g/mol. The summed E-state index contributed by atoms with van der Waals surface area (Å²) in [6.45, 7) is 0. The third-order valence-corrected chi connectivity index (χ3v) is 2.05. The number of rotatable bonds is 3. The Morgan fingerprint density at radius 3 is 1.15 bits per heavy atom. The van der Waals surface area contributed by atoms with E-state index in [1.54, 1.807) is 0 Å². The quantitative estimate of drug-likeness (QED) is 0.306. The molecule has 0 saturated carbocycles. The van der Waals surface area contributed by atoms with E-state index in [1.165, 1.54) is 5.34 Å². The molecule has 0 aliphatic carbocycles. The first kappa shape index (κ1) is 13.8. The summed E-state index contributed by atoms with van der Waals surface area (Å²) in [5.41, 5.74) is 0. The summed E-state index contributed by atoms with van der Waals surface area (Å²) < 4.78 is -4.32. The first-order chi connectivity index (χ1) is 5.88. The van der Waals surface area contributed by atoms with Crippen LogP contribution in [0.1, 0.15) is 0 Å². The van der Waals surface area contributed by atoms with Crippen molar-refractivity contribution in [3.05, 3.63) is 35.3 Å². The van der Waals surface area contributed by atoms with Crippen LogP contribution in [-0.2, 0) is 16.7 Å². The molecule has 77 valence electrons. The van der Waals surface area contributed by atoms with Crippen molar-refractivity contribution in [3.63, 3.8) is 0 Å². The minimum atomic E-state index is -4.33. The van der Waals surface area contributed by atoms with E-state index >= 15 is 0 Å². The number of nitrogens with zero attached hydrogens (tertiary/aromatic N) is 4. The number of hydrogen-bond donors (Lipinski definition) is 1. The van der Waals surface area contributed by atoms with Crippen LogP contribution in [0.25, 0.3) is 0 Å². The van der Waals surface area contributed by atoms with Gasteiger partial charge >= 0.3 is 58.0 Å². The molecule has 0 fully saturated rings. The van der Waals surface area contributed by atoms with Crippen molar-refractivity contribution in [2.45, 2.75) is 0 Å². The Kier molecular flexibility index (Phi) is 7.32. The van der Waals surface area contributed by atoms with E-state index in [1.807, 2.05) is 0 Å². The molecule has 0 atom stereocenters. The minimum absolute atomic E-state index is 1.25. The molecule has 0 amide bonds. The van der Waals surface area contributed by atoms with Gasteiger partial charge in [0, 0.05) is 0 Å². The van der Waals surface area contributed by atoms with Crippen LogP contribution in [0.4, 0.5) is 0 Å². The van der Waals surface area contributed by atoms with Gasteiger partial charge in [-0.1, -0.05) is 0 Å². The van der Waals surface area contributed by atoms with Crippen LogP contribution < -0.4 is 0 Å². The van der Waals surface area contributed by atoms with E-state index in [4.69, 9.17) is 10.1 Å². The van der Waals surface area contributed by atoms with Crippen LogP contribution in [0.3, 0.4) is 0 Å². The summed E-state index contributed by atoms with van der Waals surface area (Å²) in [4.78, 5) is 36.8. The summed E-state index contributed by atoms with van der Waals surface area (Å²) in [5.74, 6) is 0. The van der Waals surface area contributed by atoms with Gasteiger partial charge in [-0.25, -0.2) is 0 Å². The summed E-state index contributed by atoms with van der Waals surface area (Å²) in [6.07, 6.45) is 0. The van der Waals surface area contributed by atoms with E-state index in [9.17, 15) is 30.3 Å². The molecule has 13 heteroatoms. The molecule has 0 aromatic carbocycles. The van der Waals surface area contributed by atoms with Gasteiger partial charge in [0.1, 0.15) is 0 Å². The molecule has 0 heterocycles. The van der Waals surface area contributed by atoms with Crippen LogP contribution in [0.15, 0.2) is 5.34 Å². The molecule has 0 aliphatic rings. The van der Waals surface area contributed by atoms with Crippen LogP contribution in [-0.4, -0.2) is 16.2 Å². The van der Waals surface area contributed by atoms with Gasteiger partial charge in [-0.2, -0.15) is 0 Å². The van der Waals surface area contributed by atoms with Crippen molar-refractivity contribution in [1.82, 2.24) is 0 Å². The molecule has 0 radical (unpaired) electrons. The third-order valence-electron chi connectivity index (χ3n) is 0.346. The Morgan fingerprint density at radius 1 is 1.00 bits per heavy atom. The molecule has 13 heavy (non-hydrogen) atoms. The SMILES string of the molecule is O=NO.O=[N+]([O-])[Ru]([N+](=O)[O-])[N+](=O)[O-]. The first-order valence-corrected chi connectivity index (χ1v) is 4.28. The molecule has 12 nitrogen and oxygen atoms in total. The second-order valence-electron chi connectivity index (χ2n) is 0.905. The van der Waals surface area contributed by atoms with Crippen LogP contribution in [0.5, 0.6) is 0 Å². The van der Waals surface area contributed by atoms with Crippen molar-refractivity contribution in [1.29, 1.82) is 0 Å². The summed E-state index contributed by atoms with van der Waals surface area (Å²) >= 11 is -4.33. The zero-order valence-electron chi connectivity index (χ0n) is 5.45. The fourth-order valence-electron chi connectivity index (χ4n) is 0.141. The number of hydrogen-bond acceptors (Lipinski definition) is 8. The van der Waals surface area contributed by atoms with Crippen molar-refractivity contribution in [2.24, 2.45) is 5.34 Å². The monoisotopic (exact) mass is 287 g/mol. The van der Waals surface area contributed by atoms with E-state index in [-0.39, 0.29) is 0 Å². The fraction of sp³-hybridized carbons (Fsp3) is 0. The maximum atomic E-state index is 9.57. The van der Waals surface area contributed by atoms with E-state index in [2.05, 4.69) is 0 Å². The van der Waals surface area contributed by atoms with E-state index < -0.39 is 27.7 Å². The van der Waals surface area contributed by atoms with Gasteiger partial charge in [-0.05, 0) is 0 Å². The van der Waals surface area contributed by atoms with E-state index in [0.717, 1.165) is 0 Å². The summed E-state index contributed by atoms with van der Waals surface area (Å²) in [5, 5.41) is 36.6. The molecule has 0 spiro atoms. The van der Waals surface area contributed by atoms with Gasteiger partial charge in [0.2, 0.25) is 0 Å². The normalized spacial score (nSPS) is 8.77.